The Morgan fingerprint density at radius 1 is 1.16 bits per heavy atom. The molecule has 0 atom stereocenters. The molecule has 4 heteroatoms. The van der Waals surface area contributed by atoms with Crippen molar-refractivity contribution in [3.05, 3.63) is 59.7 Å². The van der Waals surface area contributed by atoms with Crippen molar-refractivity contribution < 1.29 is 18.3 Å². The maximum Gasteiger partial charge on any atom is 0.309 e. The lowest BCUT2D eigenvalue weighted by Gasteiger charge is -2.06. The van der Waals surface area contributed by atoms with Crippen LogP contribution in [0.15, 0.2) is 42.5 Å². The molecule has 0 aliphatic carbocycles. The van der Waals surface area contributed by atoms with Crippen LogP contribution in [0.4, 0.5) is 8.78 Å². The second-order valence-corrected chi connectivity index (χ2v) is 4.08. The van der Waals surface area contributed by atoms with Gasteiger partial charge in [0.25, 0.3) is 0 Å². The monoisotopic (exact) mass is 262 g/mol. The Morgan fingerprint density at radius 2 is 1.95 bits per heavy atom. The van der Waals surface area contributed by atoms with Crippen LogP contribution in [-0.4, -0.2) is 13.1 Å². The summed E-state index contributed by atoms with van der Waals surface area (Å²) in [7, 11) is 1.31. The predicted molar refractivity (Wildman–Crippen MR) is 67.5 cm³/mol. The fourth-order valence-electron chi connectivity index (χ4n) is 1.81. The number of benzene rings is 2. The number of methoxy groups -OCH3 is 1. The van der Waals surface area contributed by atoms with Crippen LogP contribution in [0.1, 0.15) is 5.56 Å². The second kappa shape index (κ2) is 5.61. The Hall–Kier alpha value is -2.23. The first-order valence-corrected chi connectivity index (χ1v) is 5.71. The van der Waals surface area contributed by atoms with Gasteiger partial charge in [0.05, 0.1) is 13.5 Å². The standard InChI is InChI=1S/C15H12F2O2/c1-19-15(18)8-10-3-2-4-11(7-10)13-6-5-12(16)9-14(13)17/h2-7,9H,8H2,1H3. The summed E-state index contributed by atoms with van der Waals surface area (Å²) in [6, 6.07) is 10.3. The number of rotatable bonds is 3. The molecule has 0 aromatic heterocycles. The molecule has 0 aliphatic heterocycles. The van der Waals surface area contributed by atoms with E-state index in [1.165, 1.54) is 19.2 Å². The smallest absolute Gasteiger partial charge is 0.309 e. The van der Waals surface area contributed by atoms with Crippen molar-refractivity contribution in [2.45, 2.75) is 6.42 Å². The molecule has 0 saturated carbocycles. The quantitative estimate of drug-likeness (QED) is 0.793. The summed E-state index contributed by atoms with van der Waals surface area (Å²) in [5.41, 5.74) is 1.61. The fraction of sp³-hybridized carbons (Fsp3) is 0.133. The molecule has 98 valence electrons. The van der Waals surface area contributed by atoms with E-state index in [1.54, 1.807) is 24.3 Å². The van der Waals surface area contributed by atoms with Crippen LogP contribution < -0.4 is 0 Å². The minimum Gasteiger partial charge on any atom is -0.469 e. The van der Waals surface area contributed by atoms with Crippen molar-refractivity contribution in [3.8, 4) is 11.1 Å². The molecular weight excluding hydrogens is 250 g/mol. The molecule has 2 aromatic rings. The van der Waals surface area contributed by atoms with Gasteiger partial charge in [0, 0.05) is 11.6 Å². The van der Waals surface area contributed by atoms with Crippen LogP contribution in [0.25, 0.3) is 11.1 Å². The first-order valence-electron chi connectivity index (χ1n) is 5.71. The van der Waals surface area contributed by atoms with Crippen molar-refractivity contribution in [2.24, 2.45) is 0 Å². The molecule has 0 N–H and O–H groups in total. The van der Waals surface area contributed by atoms with E-state index in [4.69, 9.17) is 0 Å². The molecule has 0 heterocycles. The molecule has 0 amide bonds. The van der Waals surface area contributed by atoms with Gasteiger partial charge in [-0.25, -0.2) is 8.78 Å². The van der Waals surface area contributed by atoms with E-state index >= 15 is 0 Å². The van der Waals surface area contributed by atoms with Gasteiger partial charge in [-0.2, -0.15) is 0 Å². The maximum atomic E-state index is 13.7. The summed E-state index contributed by atoms with van der Waals surface area (Å²) in [5.74, 6) is -1.61. The van der Waals surface area contributed by atoms with Crippen molar-refractivity contribution in [1.82, 2.24) is 0 Å². The topological polar surface area (TPSA) is 26.3 Å². The zero-order valence-electron chi connectivity index (χ0n) is 10.3. The highest BCUT2D eigenvalue weighted by Crippen LogP contribution is 2.24. The molecule has 19 heavy (non-hydrogen) atoms. The van der Waals surface area contributed by atoms with Gasteiger partial charge in [0.15, 0.2) is 0 Å². The van der Waals surface area contributed by atoms with Crippen molar-refractivity contribution in [1.29, 1.82) is 0 Å². The maximum absolute atomic E-state index is 13.7. The molecule has 2 aromatic carbocycles. The highest BCUT2D eigenvalue weighted by molar-refractivity contribution is 5.74. The number of ether oxygens (including phenoxy) is 1. The van der Waals surface area contributed by atoms with Gasteiger partial charge >= 0.3 is 5.97 Å². The number of esters is 1. The average molecular weight is 262 g/mol. The third-order valence-electron chi connectivity index (χ3n) is 2.75. The fourth-order valence-corrected chi connectivity index (χ4v) is 1.81. The zero-order chi connectivity index (χ0) is 13.8. The van der Waals surface area contributed by atoms with E-state index in [0.717, 1.165) is 6.07 Å². The van der Waals surface area contributed by atoms with Gasteiger partial charge in [0.2, 0.25) is 0 Å². The Bertz CT molecular complexity index is 609. The minimum absolute atomic E-state index is 0.118. The average Bonchev–Trinajstić information content (AvgIpc) is 2.39. The van der Waals surface area contributed by atoms with E-state index in [0.29, 0.717) is 16.7 Å². The van der Waals surface area contributed by atoms with E-state index in [1.807, 2.05) is 0 Å². The van der Waals surface area contributed by atoms with Crippen LogP contribution >= 0.6 is 0 Å². The number of halogens is 2. The van der Waals surface area contributed by atoms with Crippen molar-refractivity contribution in [3.63, 3.8) is 0 Å². The Kier molecular flexibility index (Phi) is 3.90. The van der Waals surface area contributed by atoms with Crippen LogP contribution in [-0.2, 0) is 16.0 Å². The first-order chi connectivity index (χ1) is 9.10. The summed E-state index contributed by atoms with van der Waals surface area (Å²) in [4.78, 5) is 11.2. The van der Waals surface area contributed by atoms with Crippen LogP contribution in [0.5, 0.6) is 0 Å². The molecule has 0 radical (unpaired) electrons. The summed E-state index contributed by atoms with van der Waals surface area (Å²) in [5, 5.41) is 0. The molecule has 2 nitrogen and oxygen atoms in total. The number of carbonyl (C=O) groups excluding carboxylic acids is 1. The lowest BCUT2D eigenvalue weighted by Crippen LogP contribution is -2.04. The van der Waals surface area contributed by atoms with Crippen LogP contribution in [0.2, 0.25) is 0 Å². The van der Waals surface area contributed by atoms with Gasteiger partial charge in [-0.05, 0) is 23.3 Å². The van der Waals surface area contributed by atoms with E-state index in [2.05, 4.69) is 4.74 Å². The van der Waals surface area contributed by atoms with Gasteiger partial charge < -0.3 is 4.74 Å². The summed E-state index contributed by atoms with van der Waals surface area (Å²) >= 11 is 0. The molecule has 2 rings (SSSR count). The van der Waals surface area contributed by atoms with Gasteiger partial charge in [-0.3, -0.25) is 4.79 Å². The number of carbonyl (C=O) groups is 1. The third-order valence-corrected chi connectivity index (χ3v) is 2.75. The van der Waals surface area contributed by atoms with Gasteiger partial charge in [-0.15, -0.1) is 0 Å². The zero-order valence-corrected chi connectivity index (χ0v) is 10.3. The second-order valence-electron chi connectivity index (χ2n) is 4.08. The van der Waals surface area contributed by atoms with Crippen molar-refractivity contribution >= 4 is 5.97 Å². The lowest BCUT2D eigenvalue weighted by atomic mass is 10.0. The number of hydrogen-bond acceptors (Lipinski definition) is 2. The van der Waals surface area contributed by atoms with Crippen LogP contribution in [0.3, 0.4) is 0 Å². The Morgan fingerprint density at radius 3 is 2.63 bits per heavy atom. The van der Waals surface area contributed by atoms with E-state index in [-0.39, 0.29) is 12.4 Å². The third kappa shape index (κ3) is 3.16. The summed E-state index contributed by atoms with van der Waals surface area (Å²) < 4.78 is 31.1. The molecular formula is C15H12F2O2. The van der Waals surface area contributed by atoms with Gasteiger partial charge in [0.1, 0.15) is 11.6 Å². The lowest BCUT2D eigenvalue weighted by molar-refractivity contribution is -0.139. The Balaban J connectivity index is 2.35. The normalized spacial score (nSPS) is 10.3. The van der Waals surface area contributed by atoms with E-state index in [9.17, 15) is 13.6 Å². The molecule has 0 unspecified atom stereocenters. The molecule has 0 bridgehead atoms. The predicted octanol–water partition coefficient (Wildman–Crippen LogP) is 3.35. The summed E-state index contributed by atoms with van der Waals surface area (Å²) in [6.07, 6.45) is 0.118. The van der Waals surface area contributed by atoms with Crippen molar-refractivity contribution in [2.75, 3.05) is 7.11 Å². The molecule has 0 aliphatic rings. The number of hydrogen-bond donors (Lipinski definition) is 0. The highest BCUT2D eigenvalue weighted by atomic mass is 19.1. The SMILES string of the molecule is COC(=O)Cc1cccc(-c2ccc(F)cc2F)c1. The van der Waals surface area contributed by atoms with Gasteiger partial charge in [-0.1, -0.05) is 24.3 Å². The van der Waals surface area contributed by atoms with E-state index < -0.39 is 11.6 Å². The largest absolute Gasteiger partial charge is 0.469 e. The summed E-state index contributed by atoms with van der Waals surface area (Å²) in [6.45, 7) is 0. The first kappa shape index (κ1) is 13.2. The van der Waals surface area contributed by atoms with Crippen LogP contribution in [0, 0.1) is 11.6 Å². The molecule has 0 fully saturated rings. The molecule has 0 saturated heterocycles. The highest BCUT2D eigenvalue weighted by Gasteiger charge is 2.08. The minimum atomic E-state index is -0.629. The molecule has 0 spiro atoms. The Labute approximate surface area is 109 Å².